The molecule has 1 saturated heterocycles. The van der Waals surface area contributed by atoms with Crippen LogP contribution in [-0.2, 0) is 4.79 Å². The van der Waals surface area contributed by atoms with Crippen molar-refractivity contribution < 1.29 is 19.4 Å². The largest absolute Gasteiger partial charge is 0.497 e. The summed E-state index contributed by atoms with van der Waals surface area (Å²) in [7, 11) is 4.75. The molecule has 0 amide bonds. The second kappa shape index (κ2) is 7.46. The number of hydrogen-bond donors (Lipinski definition) is 2. The van der Waals surface area contributed by atoms with E-state index in [1.165, 1.54) is 0 Å². The molecule has 2 aromatic carbocycles. The lowest BCUT2D eigenvalue weighted by molar-refractivity contribution is -0.123. The Hall–Kier alpha value is -3.39. The molecule has 156 valence electrons. The number of aliphatic hydroxyl groups is 1. The topological polar surface area (TPSA) is 100 Å². The number of nitrogens with zero attached hydrogens (tertiary/aromatic N) is 3. The molecule has 1 aliphatic rings. The number of aliphatic imine (C=N–C) groups is 1. The van der Waals surface area contributed by atoms with E-state index in [2.05, 4.69) is 15.0 Å². The summed E-state index contributed by atoms with van der Waals surface area (Å²) in [4.78, 5) is 27.7. The quantitative estimate of drug-likeness (QED) is 0.673. The molecule has 30 heavy (non-hydrogen) atoms. The van der Waals surface area contributed by atoms with Gasteiger partial charge in [0.05, 0.1) is 37.5 Å². The Morgan fingerprint density at radius 1 is 1.20 bits per heavy atom. The number of ether oxygens (including phenoxy) is 2. The van der Waals surface area contributed by atoms with E-state index < -0.39 is 11.5 Å². The van der Waals surface area contributed by atoms with Crippen LogP contribution in [0.5, 0.6) is 11.5 Å². The fourth-order valence-corrected chi connectivity index (χ4v) is 3.99. The number of H-pyrrole nitrogens is 1. The van der Waals surface area contributed by atoms with Crippen LogP contribution in [0.25, 0.3) is 11.0 Å². The molecule has 0 spiro atoms. The Morgan fingerprint density at radius 2 is 1.87 bits per heavy atom. The van der Waals surface area contributed by atoms with Gasteiger partial charge in [0.25, 0.3) is 0 Å². The minimum absolute atomic E-state index is 0.188. The third-order valence-corrected chi connectivity index (χ3v) is 5.59. The number of methoxy groups -OCH3 is 2. The van der Waals surface area contributed by atoms with Crippen molar-refractivity contribution in [3.63, 3.8) is 0 Å². The molecule has 8 heteroatoms. The highest BCUT2D eigenvalue weighted by atomic mass is 16.5. The number of carbonyl (C=O) groups is 1. The highest BCUT2D eigenvalue weighted by molar-refractivity contribution is 6.27. The van der Waals surface area contributed by atoms with Crippen LogP contribution in [0.2, 0.25) is 0 Å². The first-order valence-electron chi connectivity index (χ1n) is 9.56. The van der Waals surface area contributed by atoms with Crippen molar-refractivity contribution in [3.05, 3.63) is 48.3 Å². The average Bonchev–Trinajstić information content (AvgIpc) is 3.30. The molecular weight excluding hydrogens is 384 g/mol. The van der Waals surface area contributed by atoms with Gasteiger partial charge in [0.1, 0.15) is 34.6 Å². The average molecular weight is 408 g/mol. The van der Waals surface area contributed by atoms with Crippen LogP contribution >= 0.6 is 0 Å². The van der Waals surface area contributed by atoms with E-state index >= 15 is 0 Å². The number of imidazole rings is 1. The number of nitrogens with one attached hydrogen (secondary N) is 1. The summed E-state index contributed by atoms with van der Waals surface area (Å²) in [5.41, 5.74) is 1.01. The molecule has 8 nitrogen and oxygen atoms in total. The van der Waals surface area contributed by atoms with Gasteiger partial charge in [-0.3, -0.25) is 9.79 Å². The van der Waals surface area contributed by atoms with E-state index in [0.29, 0.717) is 28.8 Å². The Labute approximate surface area is 174 Å². The zero-order chi connectivity index (χ0) is 21.5. The third kappa shape index (κ3) is 2.91. The molecule has 2 unspecified atom stereocenters. The smallest absolute Gasteiger partial charge is 0.178 e. The molecule has 0 aliphatic carbocycles. The Morgan fingerprint density at radius 3 is 2.43 bits per heavy atom. The van der Waals surface area contributed by atoms with Gasteiger partial charge >= 0.3 is 0 Å². The Kier molecular flexibility index (Phi) is 4.95. The minimum atomic E-state index is -1.23. The summed E-state index contributed by atoms with van der Waals surface area (Å²) in [6, 6.07) is 12.9. The second-order valence-corrected chi connectivity index (χ2v) is 7.36. The number of hydrogen-bond acceptors (Lipinski definition) is 6. The SMILES string of the molecule is CN=C1C(c2nc3ccccc3[nH]2)C(=O)C(C)(CO)N1c1cc(OC)cc(OC)c1. The minimum Gasteiger partial charge on any atom is -0.497 e. The van der Waals surface area contributed by atoms with E-state index in [0.717, 1.165) is 11.0 Å². The molecular formula is C22H24N4O4. The third-order valence-electron chi connectivity index (χ3n) is 5.59. The van der Waals surface area contributed by atoms with Gasteiger partial charge in [0.2, 0.25) is 0 Å². The normalized spacial score (nSPS) is 22.8. The predicted octanol–water partition coefficient (Wildman–Crippen LogP) is 2.53. The fourth-order valence-electron chi connectivity index (χ4n) is 3.99. The number of ketones is 1. The van der Waals surface area contributed by atoms with E-state index in [1.807, 2.05) is 24.3 Å². The van der Waals surface area contributed by atoms with Crippen LogP contribution in [0.15, 0.2) is 47.5 Å². The van der Waals surface area contributed by atoms with Crippen molar-refractivity contribution in [2.75, 3.05) is 32.8 Å². The maximum Gasteiger partial charge on any atom is 0.178 e. The number of para-hydroxylation sites is 2. The van der Waals surface area contributed by atoms with Crippen molar-refractivity contribution in [2.24, 2.45) is 4.99 Å². The number of carbonyl (C=O) groups excluding carboxylic acids is 1. The van der Waals surface area contributed by atoms with Crippen molar-refractivity contribution >= 4 is 28.3 Å². The highest BCUT2D eigenvalue weighted by Gasteiger charge is 2.56. The van der Waals surface area contributed by atoms with Gasteiger partial charge < -0.3 is 24.5 Å². The molecule has 3 aromatic rings. The van der Waals surface area contributed by atoms with Crippen molar-refractivity contribution in [1.82, 2.24) is 9.97 Å². The standard InChI is InChI=1S/C22H24N4O4/c1-22(12-27)19(28)18(20-24-16-7-5-6-8-17(16)25-20)21(23-2)26(22)13-9-14(29-3)11-15(10-13)30-4/h5-11,18,27H,12H2,1-4H3,(H,24,25). The van der Waals surface area contributed by atoms with Gasteiger partial charge in [-0.2, -0.15) is 0 Å². The van der Waals surface area contributed by atoms with Crippen molar-refractivity contribution in [1.29, 1.82) is 0 Å². The summed E-state index contributed by atoms with van der Waals surface area (Å²) >= 11 is 0. The van der Waals surface area contributed by atoms with Crippen LogP contribution in [-0.4, -0.2) is 60.1 Å². The van der Waals surface area contributed by atoms with Gasteiger partial charge in [0.15, 0.2) is 5.78 Å². The summed E-state index contributed by atoms with van der Waals surface area (Å²) in [5, 5.41) is 10.3. The van der Waals surface area contributed by atoms with Crippen LogP contribution in [0.3, 0.4) is 0 Å². The first-order valence-corrected chi connectivity index (χ1v) is 9.56. The molecule has 2 heterocycles. The zero-order valence-corrected chi connectivity index (χ0v) is 17.3. The molecule has 2 N–H and O–H groups in total. The van der Waals surface area contributed by atoms with E-state index in [1.54, 1.807) is 51.3 Å². The molecule has 1 aliphatic heterocycles. The molecule has 0 saturated carbocycles. The fraction of sp³-hybridized carbons (Fsp3) is 0.318. The number of fused-ring (bicyclic) bond motifs is 1. The summed E-state index contributed by atoms with van der Waals surface area (Å²) in [6.45, 7) is 1.32. The zero-order valence-electron chi connectivity index (χ0n) is 17.3. The maximum atomic E-state index is 13.6. The number of aromatic amines is 1. The molecule has 0 bridgehead atoms. The highest BCUT2D eigenvalue weighted by Crippen LogP contribution is 2.42. The van der Waals surface area contributed by atoms with Gasteiger partial charge in [0, 0.05) is 25.2 Å². The van der Waals surface area contributed by atoms with Crippen molar-refractivity contribution in [2.45, 2.75) is 18.4 Å². The lowest BCUT2D eigenvalue weighted by Crippen LogP contribution is -2.50. The number of aromatic nitrogens is 2. The van der Waals surface area contributed by atoms with E-state index in [-0.39, 0.29) is 12.4 Å². The van der Waals surface area contributed by atoms with Gasteiger partial charge in [-0.05, 0) is 19.1 Å². The number of amidine groups is 1. The predicted molar refractivity (Wildman–Crippen MR) is 115 cm³/mol. The summed E-state index contributed by atoms with van der Waals surface area (Å²) < 4.78 is 10.8. The van der Waals surface area contributed by atoms with Crippen LogP contribution < -0.4 is 14.4 Å². The Bertz CT molecular complexity index is 1080. The number of Topliss-reactive ketones (excluding diaryl/α,β-unsaturated/α-hetero) is 1. The van der Waals surface area contributed by atoms with Gasteiger partial charge in [-0.1, -0.05) is 12.1 Å². The maximum absolute atomic E-state index is 13.6. The number of anilines is 1. The molecule has 1 aromatic heterocycles. The van der Waals surface area contributed by atoms with Crippen LogP contribution in [0.1, 0.15) is 18.7 Å². The van der Waals surface area contributed by atoms with E-state index in [9.17, 15) is 9.90 Å². The van der Waals surface area contributed by atoms with Crippen molar-refractivity contribution in [3.8, 4) is 11.5 Å². The monoisotopic (exact) mass is 408 g/mol. The molecule has 0 radical (unpaired) electrons. The molecule has 2 atom stereocenters. The molecule has 4 rings (SSSR count). The van der Waals surface area contributed by atoms with E-state index in [4.69, 9.17) is 9.47 Å². The van der Waals surface area contributed by atoms with Gasteiger partial charge in [-0.25, -0.2) is 4.98 Å². The van der Waals surface area contributed by atoms with Gasteiger partial charge in [-0.15, -0.1) is 0 Å². The molecule has 1 fully saturated rings. The number of rotatable bonds is 5. The lowest BCUT2D eigenvalue weighted by Gasteiger charge is -2.33. The summed E-state index contributed by atoms with van der Waals surface area (Å²) in [5.74, 6) is 1.20. The first kappa shape index (κ1) is 19.9. The van der Waals surface area contributed by atoms with Crippen LogP contribution in [0.4, 0.5) is 5.69 Å². The number of aliphatic hydroxyl groups excluding tert-OH is 1. The Balaban J connectivity index is 1.89. The first-order chi connectivity index (χ1) is 14.5. The number of benzene rings is 2. The second-order valence-electron chi connectivity index (χ2n) is 7.36. The van der Waals surface area contributed by atoms with Crippen LogP contribution in [0, 0.1) is 0 Å². The lowest BCUT2D eigenvalue weighted by atomic mass is 9.92. The summed E-state index contributed by atoms with van der Waals surface area (Å²) in [6.07, 6.45) is 0.